The van der Waals surface area contributed by atoms with Crippen LogP contribution >= 0.6 is 0 Å². The highest BCUT2D eigenvalue weighted by molar-refractivity contribution is 7.90. The number of ether oxygens (including phenoxy) is 1. The van der Waals surface area contributed by atoms with Crippen molar-refractivity contribution in [1.82, 2.24) is 9.88 Å². The van der Waals surface area contributed by atoms with E-state index in [1.165, 1.54) is 19.9 Å². The maximum absolute atomic E-state index is 12.5. The lowest BCUT2D eigenvalue weighted by atomic mass is 10.1. The van der Waals surface area contributed by atoms with E-state index in [1.54, 1.807) is 18.2 Å². The zero-order valence-corrected chi connectivity index (χ0v) is 14.7. The molecule has 0 bridgehead atoms. The van der Waals surface area contributed by atoms with Crippen molar-refractivity contribution in [2.75, 3.05) is 0 Å². The lowest BCUT2D eigenvalue weighted by Crippen LogP contribution is -2.32. The highest BCUT2D eigenvalue weighted by atomic mass is 32.2. The van der Waals surface area contributed by atoms with Crippen LogP contribution in [0.15, 0.2) is 33.7 Å². The number of aromatic nitrogens is 1. The first-order valence-electron chi connectivity index (χ1n) is 7.74. The summed E-state index contributed by atoms with van der Waals surface area (Å²) in [5.74, 6) is -1.68. The molecule has 2 aromatic rings. The lowest BCUT2D eigenvalue weighted by molar-refractivity contribution is -0.120. The van der Waals surface area contributed by atoms with Gasteiger partial charge in [-0.3, -0.25) is 4.79 Å². The minimum Gasteiger partial charge on any atom is -0.435 e. The summed E-state index contributed by atoms with van der Waals surface area (Å²) in [7, 11) is -4.12. The van der Waals surface area contributed by atoms with Gasteiger partial charge in [0.1, 0.15) is 11.4 Å². The standard InChI is InChI=1S/C16H16F2N2O5S/c1-8-14(9(2)25-19-8)26(22,23)20-15(21)12-7-11(12)10-5-3-4-6-13(10)24-16(17)18/h3-6,11-12,16H,7H2,1-2H3,(H,20,21)/t11-,12+/m0/s1. The molecule has 1 N–H and O–H groups in total. The number of alkyl halides is 2. The van der Waals surface area contributed by atoms with Gasteiger partial charge in [-0.15, -0.1) is 0 Å². The maximum Gasteiger partial charge on any atom is 0.387 e. The van der Waals surface area contributed by atoms with Crippen LogP contribution in [0.1, 0.15) is 29.4 Å². The van der Waals surface area contributed by atoms with Crippen molar-refractivity contribution < 1.29 is 31.3 Å². The van der Waals surface area contributed by atoms with Crippen LogP contribution in [-0.4, -0.2) is 26.1 Å². The van der Waals surface area contributed by atoms with Gasteiger partial charge in [0.2, 0.25) is 5.91 Å². The third-order valence-electron chi connectivity index (χ3n) is 4.13. The van der Waals surface area contributed by atoms with Crippen LogP contribution in [-0.2, 0) is 14.8 Å². The Morgan fingerprint density at radius 1 is 1.35 bits per heavy atom. The highest BCUT2D eigenvalue weighted by Crippen LogP contribution is 2.50. The van der Waals surface area contributed by atoms with Gasteiger partial charge < -0.3 is 9.26 Å². The van der Waals surface area contributed by atoms with Crippen molar-refractivity contribution in [3.05, 3.63) is 41.3 Å². The van der Waals surface area contributed by atoms with Gasteiger partial charge in [-0.2, -0.15) is 8.78 Å². The molecular weight excluding hydrogens is 370 g/mol. The monoisotopic (exact) mass is 386 g/mol. The predicted molar refractivity (Wildman–Crippen MR) is 85.2 cm³/mol. The number of nitrogens with one attached hydrogen (secondary N) is 1. The van der Waals surface area contributed by atoms with Crippen molar-refractivity contribution in [3.63, 3.8) is 0 Å². The molecule has 1 amide bonds. The molecule has 2 atom stereocenters. The average Bonchev–Trinajstić information content (AvgIpc) is 3.26. The fourth-order valence-corrected chi connectivity index (χ4v) is 4.30. The SMILES string of the molecule is Cc1noc(C)c1S(=O)(=O)NC(=O)[C@@H]1C[C@H]1c1ccccc1OC(F)F. The van der Waals surface area contributed by atoms with E-state index in [9.17, 15) is 22.0 Å². The van der Waals surface area contributed by atoms with Gasteiger partial charge in [-0.1, -0.05) is 23.4 Å². The number of carbonyl (C=O) groups excluding carboxylic acids is 1. The first-order valence-corrected chi connectivity index (χ1v) is 9.22. The average molecular weight is 386 g/mol. The number of benzene rings is 1. The minimum absolute atomic E-state index is 0.0172. The Bertz CT molecular complexity index is 922. The zero-order chi connectivity index (χ0) is 19.1. The molecule has 0 radical (unpaired) electrons. The summed E-state index contributed by atoms with van der Waals surface area (Å²) in [5.41, 5.74) is 0.591. The number of hydrogen-bond acceptors (Lipinski definition) is 6. The van der Waals surface area contributed by atoms with Gasteiger partial charge in [0.05, 0.1) is 0 Å². The summed E-state index contributed by atoms with van der Waals surface area (Å²) in [4.78, 5) is 12.1. The summed E-state index contributed by atoms with van der Waals surface area (Å²) in [5, 5.41) is 3.56. The topological polar surface area (TPSA) is 98.5 Å². The Labute approximate surface area is 148 Å². The quantitative estimate of drug-likeness (QED) is 0.819. The summed E-state index contributed by atoms with van der Waals surface area (Å²) in [6.45, 7) is -0.105. The molecule has 1 heterocycles. The molecule has 0 unspecified atom stereocenters. The Morgan fingerprint density at radius 3 is 2.65 bits per heavy atom. The Morgan fingerprint density at radius 2 is 2.04 bits per heavy atom. The normalized spacial score (nSPS) is 19.4. The van der Waals surface area contributed by atoms with E-state index in [4.69, 9.17) is 4.52 Å². The van der Waals surface area contributed by atoms with Crippen molar-refractivity contribution in [1.29, 1.82) is 0 Å². The first-order chi connectivity index (χ1) is 12.2. The van der Waals surface area contributed by atoms with Crippen LogP contribution < -0.4 is 9.46 Å². The Kier molecular flexibility index (Phi) is 4.70. The molecule has 1 aromatic heterocycles. The van der Waals surface area contributed by atoms with Crippen molar-refractivity contribution in [2.45, 2.75) is 37.7 Å². The number of carbonyl (C=O) groups is 1. The first kappa shape index (κ1) is 18.3. The molecule has 0 spiro atoms. The van der Waals surface area contributed by atoms with Crippen LogP contribution in [0.4, 0.5) is 8.78 Å². The molecule has 1 saturated carbocycles. The molecule has 26 heavy (non-hydrogen) atoms. The molecule has 7 nitrogen and oxygen atoms in total. The van der Waals surface area contributed by atoms with Crippen LogP contribution in [0.3, 0.4) is 0 Å². The molecule has 3 rings (SSSR count). The largest absolute Gasteiger partial charge is 0.435 e. The van der Waals surface area contributed by atoms with Crippen molar-refractivity contribution in [2.24, 2.45) is 5.92 Å². The number of amides is 1. The highest BCUT2D eigenvalue weighted by Gasteiger charge is 2.47. The van der Waals surface area contributed by atoms with Gasteiger partial charge in [-0.25, -0.2) is 13.1 Å². The summed E-state index contributed by atoms with van der Waals surface area (Å²) in [6, 6.07) is 6.15. The van der Waals surface area contributed by atoms with Gasteiger partial charge in [0, 0.05) is 5.92 Å². The van der Waals surface area contributed by atoms with Gasteiger partial charge in [0.25, 0.3) is 10.0 Å². The summed E-state index contributed by atoms with van der Waals surface area (Å²) >= 11 is 0. The fourth-order valence-electron chi connectivity index (χ4n) is 2.94. The molecule has 140 valence electrons. The van der Waals surface area contributed by atoms with E-state index in [1.807, 2.05) is 4.72 Å². The molecule has 1 fully saturated rings. The fraction of sp³-hybridized carbons (Fsp3) is 0.375. The number of aryl methyl sites for hydroxylation is 2. The maximum atomic E-state index is 12.5. The number of sulfonamides is 1. The molecule has 0 aliphatic heterocycles. The van der Waals surface area contributed by atoms with Crippen LogP contribution in [0.2, 0.25) is 0 Å². The second kappa shape index (κ2) is 6.67. The molecule has 1 aliphatic rings. The van der Waals surface area contributed by atoms with Gasteiger partial charge in [-0.05, 0) is 37.8 Å². The van der Waals surface area contributed by atoms with E-state index in [0.29, 0.717) is 12.0 Å². The van der Waals surface area contributed by atoms with Crippen LogP contribution in [0, 0.1) is 19.8 Å². The number of hydrogen-bond donors (Lipinski definition) is 1. The third-order valence-corrected chi connectivity index (χ3v) is 5.72. The number of rotatable bonds is 6. The van der Waals surface area contributed by atoms with Gasteiger partial charge >= 0.3 is 6.61 Å². The summed E-state index contributed by atoms with van der Waals surface area (Å²) < 4.78 is 61.0. The summed E-state index contributed by atoms with van der Waals surface area (Å²) in [6.07, 6.45) is 0.340. The number of nitrogens with zero attached hydrogens (tertiary/aromatic N) is 1. The molecule has 1 aliphatic carbocycles. The zero-order valence-electron chi connectivity index (χ0n) is 13.9. The molecule has 10 heteroatoms. The van der Waals surface area contributed by atoms with E-state index in [2.05, 4.69) is 9.89 Å². The van der Waals surface area contributed by atoms with Crippen LogP contribution in [0.5, 0.6) is 5.75 Å². The van der Waals surface area contributed by atoms with E-state index >= 15 is 0 Å². The molecular formula is C16H16F2N2O5S. The molecule has 0 saturated heterocycles. The van der Waals surface area contributed by atoms with Crippen molar-refractivity contribution >= 4 is 15.9 Å². The van der Waals surface area contributed by atoms with E-state index in [0.717, 1.165) is 0 Å². The molecule has 1 aromatic carbocycles. The van der Waals surface area contributed by atoms with E-state index < -0.39 is 28.5 Å². The number of para-hydroxylation sites is 1. The van der Waals surface area contributed by atoms with Gasteiger partial charge in [0.15, 0.2) is 10.7 Å². The Hall–Kier alpha value is -2.49. The smallest absolute Gasteiger partial charge is 0.387 e. The second-order valence-corrected chi connectivity index (χ2v) is 7.61. The third kappa shape index (κ3) is 3.55. The minimum atomic E-state index is -4.12. The number of halogens is 2. The Balaban J connectivity index is 1.74. The van der Waals surface area contributed by atoms with E-state index in [-0.39, 0.29) is 28.0 Å². The lowest BCUT2D eigenvalue weighted by Gasteiger charge is -2.10. The van der Waals surface area contributed by atoms with Crippen molar-refractivity contribution in [3.8, 4) is 5.75 Å². The van der Waals surface area contributed by atoms with Crippen LogP contribution in [0.25, 0.3) is 0 Å². The second-order valence-electron chi connectivity index (χ2n) is 5.99. The predicted octanol–water partition coefficient (Wildman–Crippen LogP) is 2.50.